The normalized spacial score (nSPS) is 21.4. The zero-order valence-electron chi connectivity index (χ0n) is 17.3. The van der Waals surface area contributed by atoms with E-state index in [1.54, 1.807) is 5.01 Å². The van der Waals surface area contributed by atoms with Crippen molar-refractivity contribution in [2.75, 3.05) is 20.8 Å². The smallest absolute Gasteiger partial charge is 0.342 e. The lowest BCUT2D eigenvalue weighted by Crippen LogP contribution is -2.53. The van der Waals surface area contributed by atoms with Crippen LogP contribution in [-0.4, -0.2) is 60.0 Å². The van der Waals surface area contributed by atoms with Crippen LogP contribution in [0.2, 0.25) is 0 Å². The third-order valence-corrected chi connectivity index (χ3v) is 4.66. The number of amidine groups is 1. The number of rotatable bonds is 3. The molecule has 0 aliphatic carbocycles. The van der Waals surface area contributed by atoms with Crippen LogP contribution in [0.1, 0.15) is 38.8 Å². The highest BCUT2D eigenvalue weighted by Crippen LogP contribution is 2.41. The summed E-state index contributed by atoms with van der Waals surface area (Å²) in [6, 6.07) is 8.54. The second-order valence-electron chi connectivity index (χ2n) is 7.81. The van der Waals surface area contributed by atoms with E-state index in [0.717, 1.165) is 5.56 Å². The van der Waals surface area contributed by atoms with Crippen LogP contribution in [0.4, 0.5) is 0 Å². The Hall–Kier alpha value is -3.00. The molecular formula is C21H25N3O5. The van der Waals surface area contributed by atoms with E-state index < -0.39 is 23.5 Å². The van der Waals surface area contributed by atoms with Crippen molar-refractivity contribution in [1.29, 1.82) is 0 Å². The van der Waals surface area contributed by atoms with Crippen molar-refractivity contribution in [3.63, 3.8) is 0 Å². The molecule has 2 aliphatic rings. The summed E-state index contributed by atoms with van der Waals surface area (Å²) in [5.41, 5.74) is 0.210. The van der Waals surface area contributed by atoms with Crippen LogP contribution in [0.15, 0.2) is 46.5 Å². The van der Waals surface area contributed by atoms with Gasteiger partial charge in [-0.2, -0.15) is 5.01 Å². The van der Waals surface area contributed by atoms with Gasteiger partial charge in [0.1, 0.15) is 5.57 Å². The summed E-state index contributed by atoms with van der Waals surface area (Å²) >= 11 is 0. The Morgan fingerprint density at radius 3 is 2.24 bits per heavy atom. The highest BCUT2D eigenvalue weighted by Gasteiger charge is 2.50. The van der Waals surface area contributed by atoms with Gasteiger partial charge in [0.15, 0.2) is 5.84 Å². The first-order valence-corrected chi connectivity index (χ1v) is 9.35. The lowest BCUT2D eigenvalue weighted by Gasteiger charge is -2.41. The molecule has 1 fully saturated rings. The van der Waals surface area contributed by atoms with E-state index in [1.807, 2.05) is 51.1 Å². The molecule has 0 N–H and O–H groups in total. The summed E-state index contributed by atoms with van der Waals surface area (Å²) in [5.74, 6) is -1.49. The van der Waals surface area contributed by atoms with Crippen LogP contribution in [0.5, 0.6) is 0 Å². The topological polar surface area (TPSA) is 88.5 Å². The predicted octanol–water partition coefficient (Wildman–Crippen LogP) is 2.03. The Labute approximate surface area is 169 Å². The Morgan fingerprint density at radius 1 is 1.07 bits per heavy atom. The first-order chi connectivity index (χ1) is 13.7. The molecule has 0 radical (unpaired) electrons. The molecule has 2 heterocycles. The molecule has 1 atom stereocenters. The van der Waals surface area contributed by atoms with Gasteiger partial charge in [0.25, 0.3) is 0 Å². The van der Waals surface area contributed by atoms with E-state index in [0.29, 0.717) is 6.54 Å². The monoisotopic (exact) mass is 399 g/mol. The van der Waals surface area contributed by atoms with Gasteiger partial charge < -0.3 is 9.47 Å². The van der Waals surface area contributed by atoms with Crippen LogP contribution in [-0.2, 0) is 23.9 Å². The number of carbonyl (C=O) groups is 3. The third-order valence-electron chi connectivity index (χ3n) is 4.66. The van der Waals surface area contributed by atoms with Gasteiger partial charge in [0.05, 0.1) is 31.4 Å². The standard InChI is InChI=1S/C21H25N3O5/c1-21(2,3)22-18-16(20(27)29-5)15(19(26)28-4)17(13-9-7-6-8-10-13)23-12-11-14(25)24(18)23/h6-10,17H,11-12H2,1-5H3. The number of benzene rings is 1. The Bertz CT molecular complexity index is 899. The zero-order valence-corrected chi connectivity index (χ0v) is 17.3. The number of esters is 2. The van der Waals surface area contributed by atoms with Crippen molar-refractivity contribution in [2.45, 2.75) is 38.8 Å². The fraction of sp³-hybridized carbons (Fsp3) is 0.429. The maximum absolute atomic E-state index is 12.9. The molecule has 2 aliphatic heterocycles. The molecule has 154 valence electrons. The lowest BCUT2D eigenvalue weighted by atomic mass is 9.90. The molecule has 29 heavy (non-hydrogen) atoms. The average Bonchev–Trinajstić information content (AvgIpc) is 3.07. The molecule has 1 aromatic carbocycles. The number of ether oxygens (including phenoxy) is 2. The van der Waals surface area contributed by atoms with E-state index in [9.17, 15) is 14.4 Å². The zero-order chi connectivity index (χ0) is 21.3. The van der Waals surface area contributed by atoms with Crippen molar-refractivity contribution < 1.29 is 23.9 Å². The van der Waals surface area contributed by atoms with E-state index in [4.69, 9.17) is 9.47 Å². The first-order valence-electron chi connectivity index (χ1n) is 9.35. The predicted molar refractivity (Wildman–Crippen MR) is 106 cm³/mol. The van der Waals surface area contributed by atoms with Crippen LogP contribution >= 0.6 is 0 Å². The minimum absolute atomic E-state index is 0.0466. The molecule has 1 aromatic rings. The van der Waals surface area contributed by atoms with E-state index in [-0.39, 0.29) is 29.3 Å². The molecule has 0 bridgehead atoms. The van der Waals surface area contributed by atoms with Crippen molar-refractivity contribution in [1.82, 2.24) is 10.0 Å². The molecule has 0 spiro atoms. The SMILES string of the molecule is COC(=O)C1=C(C(=O)OC)C(c2ccccc2)N2CCC(=O)N2C1=NC(C)(C)C. The highest BCUT2D eigenvalue weighted by atomic mass is 16.5. The molecule has 8 nitrogen and oxygen atoms in total. The summed E-state index contributed by atoms with van der Waals surface area (Å²) in [4.78, 5) is 43.1. The van der Waals surface area contributed by atoms with Gasteiger partial charge >= 0.3 is 11.9 Å². The van der Waals surface area contributed by atoms with Crippen LogP contribution in [0.25, 0.3) is 0 Å². The minimum atomic E-state index is -0.742. The second-order valence-corrected chi connectivity index (χ2v) is 7.81. The van der Waals surface area contributed by atoms with Gasteiger partial charge in [-0.3, -0.25) is 9.79 Å². The van der Waals surface area contributed by atoms with Crippen molar-refractivity contribution in [2.24, 2.45) is 4.99 Å². The first kappa shape index (κ1) is 20.7. The van der Waals surface area contributed by atoms with Crippen molar-refractivity contribution >= 4 is 23.7 Å². The molecule has 0 saturated carbocycles. The number of hydrazine groups is 1. The summed E-state index contributed by atoms with van der Waals surface area (Å²) < 4.78 is 10.0. The number of fused-ring (bicyclic) bond motifs is 1. The van der Waals surface area contributed by atoms with Gasteiger partial charge in [-0.25, -0.2) is 14.6 Å². The molecule has 1 amide bonds. The second kappa shape index (κ2) is 7.79. The Balaban J connectivity index is 2.39. The van der Waals surface area contributed by atoms with Crippen molar-refractivity contribution in [3.8, 4) is 0 Å². The van der Waals surface area contributed by atoms with E-state index in [2.05, 4.69) is 4.99 Å². The summed E-state index contributed by atoms with van der Waals surface area (Å²) in [6.45, 7) is 5.93. The Kier molecular flexibility index (Phi) is 5.57. The van der Waals surface area contributed by atoms with Gasteiger partial charge in [0.2, 0.25) is 5.91 Å². The summed E-state index contributed by atoms with van der Waals surface area (Å²) in [5, 5.41) is 3.17. The number of nitrogens with zero attached hydrogens (tertiary/aromatic N) is 3. The number of carbonyl (C=O) groups excluding carboxylic acids is 3. The summed E-state index contributed by atoms with van der Waals surface area (Å²) in [6.07, 6.45) is 0.245. The average molecular weight is 399 g/mol. The number of amides is 1. The third kappa shape index (κ3) is 3.80. The molecule has 1 unspecified atom stereocenters. The molecule has 8 heteroatoms. The fourth-order valence-electron chi connectivity index (χ4n) is 3.58. The van der Waals surface area contributed by atoms with Gasteiger partial charge in [0, 0.05) is 13.0 Å². The van der Waals surface area contributed by atoms with Gasteiger partial charge in [-0.1, -0.05) is 30.3 Å². The quantitative estimate of drug-likeness (QED) is 0.723. The highest BCUT2D eigenvalue weighted by molar-refractivity contribution is 6.26. The minimum Gasteiger partial charge on any atom is -0.466 e. The molecule has 1 saturated heterocycles. The number of aliphatic imine (C=N–C) groups is 1. The molecular weight excluding hydrogens is 374 g/mol. The number of hydrogen-bond donors (Lipinski definition) is 0. The lowest BCUT2D eigenvalue weighted by molar-refractivity contribution is -0.142. The summed E-state index contributed by atoms with van der Waals surface area (Å²) in [7, 11) is 2.49. The van der Waals surface area contributed by atoms with Crippen molar-refractivity contribution in [3.05, 3.63) is 47.0 Å². The maximum atomic E-state index is 12.9. The van der Waals surface area contributed by atoms with E-state index >= 15 is 0 Å². The van der Waals surface area contributed by atoms with E-state index in [1.165, 1.54) is 19.2 Å². The van der Waals surface area contributed by atoms with Gasteiger partial charge in [-0.15, -0.1) is 0 Å². The van der Waals surface area contributed by atoms with Gasteiger partial charge in [-0.05, 0) is 26.3 Å². The largest absolute Gasteiger partial charge is 0.466 e. The molecule has 0 aromatic heterocycles. The van der Waals surface area contributed by atoms with Crippen LogP contribution in [0.3, 0.4) is 0 Å². The Morgan fingerprint density at radius 2 is 1.69 bits per heavy atom. The number of methoxy groups -OCH3 is 2. The fourth-order valence-corrected chi connectivity index (χ4v) is 3.58. The van der Waals surface area contributed by atoms with Crippen LogP contribution in [0, 0.1) is 0 Å². The number of hydrogen-bond acceptors (Lipinski definition) is 7. The molecule has 3 rings (SSSR count). The van der Waals surface area contributed by atoms with Crippen LogP contribution < -0.4 is 0 Å². The maximum Gasteiger partial charge on any atom is 0.342 e.